The SMILES string of the molecule is CC1CC(C#N)(C(=O)NC(C)Cc2ccccc2)C1. The Kier molecular flexibility index (Phi) is 3.90. The summed E-state index contributed by atoms with van der Waals surface area (Å²) in [6.07, 6.45) is 2.17. The van der Waals surface area contributed by atoms with Crippen molar-refractivity contribution in [2.75, 3.05) is 0 Å². The Morgan fingerprint density at radius 1 is 1.47 bits per heavy atom. The molecule has 2 rings (SSSR count). The molecule has 3 nitrogen and oxygen atoms in total. The zero-order valence-electron chi connectivity index (χ0n) is 11.5. The van der Waals surface area contributed by atoms with Crippen LogP contribution in [0.3, 0.4) is 0 Å². The molecule has 1 unspecified atom stereocenters. The molecule has 1 aliphatic carbocycles. The highest BCUT2D eigenvalue weighted by molar-refractivity contribution is 5.86. The molecule has 1 aromatic rings. The van der Waals surface area contributed by atoms with E-state index >= 15 is 0 Å². The van der Waals surface area contributed by atoms with Crippen LogP contribution in [0.4, 0.5) is 0 Å². The first-order valence-electron chi connectivity index (χ1n) is 6.82. The number of benzene rings is 1. The molecule has 0 radical (unpaired) electrons. The summed E-state index contributed by atoms with van der Waals surface area (Å²) in [5.41, 5.74) is 0.424. The minimum absolute atomic E-state index is 0.0519. The smallest absolute Gasteiger partial charge is 0.240 e. The van der Waals surface area contributed by atoms with E-state index in [1.165, 1.54) is 5.56 Å². The lowest BCUT2D eigenvalue weighted by Gasteiger charge is -2.39. The number of hydrogen-bond donors (Lipinski definition) is 1. The van der Waals surface area contributed by atoms with Gasteiger partial charge in [-0.05, 0) is 37.7 Å². The summed E-state index contributed by atoms with van der Waals surface area (Å²) in [6.45, 7) is 4.06. The number of nitrogens with zero attached hydrogens (tertiary/aromatic N) is 1. The second kappa shape index (κ2) is 5.44. The van der Waals surface area contributed by atoms with Gasteiger partial charge in [0.05, 0.1) is 6.07 Å². The fraction of sp³-hybridized carbons (Fsp3) is 0.500. The molecule has 19 heavy (non-hydrogen) atoms. The van der Waals surface area contributed by atoms with Gasteiger partial charge in [0, 0.05) is 6.04 Å². The number of nitrogens with one attached hydrogen (secondary N) is 1. The van der Waals surface area contributed by atoms with Crippen molar-refractivity contribution in [2.24, 2.45) is 11.3 Å². The van der Waals surface area contributed by atoms with E-state index in [4.69, 9.17) is 0 Å². The van der Waals surface area contributed by atoms with Gasteiger partial charge in [0.2, 0.25) is 5.91 Å². The maximum atomic E-state index is 12.2. The third-order valence-electron chi connectivity index (χ3n) is 3.80. The summed E-state index contributed by atoms with van der Waals surface area (Å²) in [5, 5.41) is 12.2. The third kappa shape index (κ3) is 2.96. The van der Waals surface area contributed by atoms with Crippen molar-refractivity contribution in [2.45, 2.75) is 39.2 Å². The van der Waals surface area contributed by atoms with Gasteiger partial charge in [-0.25, -0.2) is 0 Å². The fourth-order valence-electron chi connectivity index (χ4n) is 2.84. The molecule has 0 saturated heterocycles. The van der Waals surface area contributed by atoms with E-state index in [0.29, 0.717) is 18.8 Å². The van der Waals surface area contributed by atoms with Gasteiger partial charge in [0.1, 0.15) is 5.41 Å². The van der Waals surface area contributed by atoms with Crippen LogP contribution >= 0.6 is 0 Å². The van der Waals surface area contributed by atoms with E-state index in [1.54, 1.807) is 0 Å². The molecule has 0 aliphatic heterocycles. The molecule has 100 valence electrons. The summed E-state index contributed by atoms with van der Waals surface area (Å²) in [5.74, 6) is 0.381. The summed E-state index contributed by atoms with van der Waals surface area (Å²) in [6, 6.07) is 12.3. The summed E-state index contributed by atoms with van der Waals surface area (Å²) < 4.78 is 0. The Hall–Kier alpha value is -1.82. The van der Waals surface area contributed by atoms with Gasteiger partial charge < -0.3 is 5.32 Å². The molecule has 0 bridgehead atoms. The first-order valence-corrected chi connectivity index (χ1v) is 6.82. The maximum Gasteiger partial charge on any atom is 0.240 e. The molecular formula is C16H20N2O. The first-order chi connectivity index (χ1) is 9.05. The van der Waals surface area contributed by atoms with E-state index in [9.17, 15) is 10.1 Å². The average Bonchev–Trinajstić information content (AvgIpc) is 2.35. The van der Waals surface area contributed by atoms with Crippen LogP contribution in [-0.4, -0.2) is 11.9 Å². The Morgan fingerprint density at radius 3 is 2.63 bits per heavy atom. The predicted molar refractivity (Wildman–Crippen MR) is 74.2 cm³/mol. The van der Waals surface area contributed by atoms with Crippen molar-refractivity contribution in [3.8, 4) is 6.07 Å². The molecule has 0 aromatic heterocycles. The van der Waals surface area contributed by atoms with Gasteiger partial charge in [0.25, 0.3) is 0 Å². The lowest BCUT2D eigenvalue weighted by molar-refractivity contribution is -0.134. The van der Waals surface area contributed by atoms with Crippen molar-refractivity contribution in [3.63, 3.8) is 0 Å². The van der Waals surface area contributed by atoms with Crippen LogP contribution in [0.25, 0.3) is 0 Å². The lowest BCUT2D eigenvalue weighted by atomic mass is 9.63. The molecule has 1 amide bonds. The molecule has 1 aromatic carbocycles. The Balaban J connectivity index is 1.91. The molecule has 1 N–H and O–H groups in total. The second-order valence-corrected chi connectivity index (χ2v) is 5.77. The number of nitriles is 1. The topological polar surface area (TPSA) is 52.9 Å². The molecule has 3 heteroatoms. The zero-order chi connectivity index (χ0) is 13.9. The minimum Gasteiger partial charge on any atom is -0.352 e. The number of carbonyl (C=O) groups is 1. The molecule has 0 heterocycles. The quantitative estimate of drug-likeness (QED) is 0.900. The third-order valence-corrected chi connectivity index (χ3v) is 3.80. The van der Waals surface area contributed by atoms with Crippen LogP contribution in [0.15, 0.2) is 30.3 Å². The first kappa shape index (κ1) is 13.6. The predicted octanol–water partition coefficient (Wildman–Crippen LogP) is 2.67. The van der Waals surface area contributed by atoms with Gasteiger partial charge >= 0.3 is 0 Å². The van der Waals surface area contributed by atoms with Crippen LogP contribution < -0.4 is 5.32 Å². The van der Waals surface area contributed by atoms with Crippen molar-refractivity contribution in [3.05, 3.63) is 35.9 Å². The van der Waals surface area contributed by atoms with Crippen molar-refractivity contribution >= 4 is 5.91 Å². The normalized spacial score (nSPS) is 26.9. The van der Waals surface area contributed by atoms with Gasteiger partial charge in [-0.3, -0.25) is 4.79 Å². The summed E-state index contributed by atoms with van der Waals surface area (Å²) >= 11 is 0. The van der Waals surface area contributed by atoms with E-state index in [2.05, 4.69) is 18.3 Å². The molecule has 1 aliphatic rings. The van der Waals surface area contributed by atoms with Gasteiger partial charge in [0.15, 0.2) is 0 Å². The fourth-order valence-corrected chi connectivity index (χ4v) is 2.84. The highest BCUT2D eigenvalue weighted by atomic mass is 16.2. The Morgan fingerprint density at radius 2 is 2.11 bits per heavy atom. The second-order valence-electron chi connectivity index (χ2n) is 5.77. The molecule has 0 spiro atoms. The average molecular weight is 256 g/mol. The minimum atomic E-state index is -0.773. The molecular weight excluding hydrogens is 236 g/mol. The summed E-state index contributed by atoms with van der Waals surface area (Å²) in [7, 11) is 0. The van der Waals surface area contributed by atoms with E-state index < -0.39 is 5.41 Å². The van der Waals surface area contributed by atoms with Crippen LogP contribution in [0.1, 0.15) is 32.3 Å². The molecule has 1 fully saturated rings. The van der Waals surface area contributed by atoms with E-state index in [0.717, 1.165) is 6.42 Å². The number of rotatable bonds is 4. The van der Waals surface area contributed by atoms with E-state index in [1.807, 2.05) is 37.3 Å². The highest BCUT2D eigenvalue weighted by Gasteiger charge is 2.49. The lowest BCUT2D eigenvalue weighted by Crippen LogP contribution is -2.50. The van der Waals surface area contributed by atoms with Crippen molar-refractivity contribution in [1.82, 2.24) is 5.32 Å². The summed E-state index contributed by atoms with van der Waals surface area (Å²) in [4.78, 5) is 12.2. The Bertz CT molecular complexity index is 483. The van der Waals surface area contributed by atoms with Gasteiger partial charge in [-0.2, -0.15) is 5.26 Å². The standard InChI is InChI=1S/C16H20N2O/c1-12-9-16(10-12,11-17)15(19)18-13(2)8-14-6-4-3-5-7-14/h3-7,12-13H,8-10H2,1-2H3,(H,18,19). The number of carbonyl (C=O) groups excluding carboxylic acids is 1. The van der Waals surface area contributed by atoms with E-state index in [-0.39, 0.29) is 11.9 Å². The van der Waals surface area contributed by atoms with Crippen LogP contribution in [0.2, 0.25) is 0 Å². The zero-order valence-corrected chi connectivity index (χ0v) is 11.5. The van der Waals surface area contributed by atoms with Gasteiger partial charge in [-0.1, -0.05) is 37.3 Å². The van der Waals surface area contributed by atoms with Crippen molar-refractivity contribution in [1.29, 1.82) is 5.26 Å². The monoisotopic (exact) mass is 256 g/mol. The largest absolute Gasteiger partial charge is 0.352 e. The Labute approximate surface area is 114 Å². The van der Waals surface area contributed by atoms with Crippen LogP contribution in [-0.2, 0) is 11.2 Å². The molecule has 1 atom stereocenters. The van der Waals surface area contributed by atoms with Gasteiger partial charge in [-0.15, -0.1) is 0 Å². The van der Waals surface area contributed by atoms with Crippen molar-refractivity contribution < 1.29 is 4.79 Å². The van der Waals surface area contributed by atoms with Crippen LogP contribution in [0, 0.1) is 22.7 Å². The van der Waals surface area contributed by atoms with Crippen LogP contribution in [0.5, 0.6) is 0 Å². The highest BCUT2D eigenvalue weighted by Crippen LogP contribution is 2.45. The maximum absolute atomic E-state index is 12.2. The molecule has 1 saturated carbocycles. The number of amides is 1. The number of hydrogen-bond acceptors (Lipinski definition) is 2.